The van der Waals surface area contributed by atoms with Crippen molar-refractivity contribution in [1.29, 1.82) is 0 Å². The first-order valence-electron chi connectivity index (χ1n) is 6.66. The molecular weight excluding hydrogens is 216 g/mol. The van der Waals surface area contributed by atoms with Gasteiger partial charge in [0.15, 0.2) is 0 Å². The SMILES string of the molecule is CCOC(=O)C(C)(N)CCCCN(CC)CC. The Morgan fingerprint density at radius 3 is 2.29 bits per heavy atom. The van der Waals surface area contributed by atoms with Crippen molar-refractivity contribution >= 4 is 5.97 Å². The molecule has 4 nitrogen and oxygen atoms in total. The molecule has 0 rings (SSSR count). The van der Waals surface area contributed by atoms with Crippen molar-refractivity contribution < 1.29 is 9.53 Å². The molecule has 0 aliphatic heterocycles. The Bertz CT molecular complexity index is 213. The first-order chi connectivity index (χ1) is 7.97. The molecular formula is C13H28N2O2. The van der Waals surface area contributed by atoms with Crippen LogP contribution in [0.25, 0.3) is 0 Å². The maximum absolute atomic E-state index is 11.5. The number of unbranched alkanes of at least 4 members (excludes halogenated alkanes) is 1. The Labute approximate surface area is 105 Å². The zero-order valence-electron chi connectivity index (χ0n) is 11.8. The third-order valence-electron chi connectivity index (χ3n) is 3.06. The number of carbonyl (C=O) groups is 1. The quantitative estimate of drug-likeness (QED) is 0.496. The number of hydrogen-bond acceptors (Lipinski definition) is 4. The zero-order valence-corrected chi connectivity index (χ0v) is 11.8. The van der Waals surface area contributed by atoms with Gasteiger partial charge in [-0.15, -0.1) is 0 Å². The summed E-state index contributed by atoms with van der Waals surface area (Å²) in [6, 6.07) is 0. The first kappa shape index (κ1) is 16.4. The number of rotatable bonds is 9. The molecule has 0 heterocycles. The highest BCUT2D eigenvalue weighted by Gasteiger charge is 2.28. The summed E-state index contributed by atoms with van der Waals surface area (Å²) >= 11 is 0. The topological polar surface area (TPSA) is 55.6 Å². The molecule has 0 aromatic rings. The van der Waals surface area contributed by atoms with Crippen LogP contribution in [0.3, 0.4) is 0 Å². The van der Waals surface area contributed by atoms with E-state index in [9.17, 15) is 4.79 Å². The van der Waals surface area contributed by atoms with E-state index in [0.717, 1.165) is 32.5 Å². The molecule has 2 N–H and O–H groups in total. The number of carbonyl (C=O) groups excluding carboxylic acids is 1. The summed E-state index contributed by atoms with van der Waals surface area (Å²) in [7, 11) is 0. The van der Waals surface area contributed by atoms with E-state index in [4.69, 9.17) is 10.5 Å². The van der Waals surface area contributed by atoms with Crippen LogP contribution in [0.4, 0.5) is 0 Å². The largest absolute Gasteiger partial charge is 0.465 e. The highest BCUT2D eigenvalue weighted by molar-refractivity contribution is 5.79. The third kappa shape index (κ3) is 6.64. The minimum absolute atomic E-state index is 0.289. The molecule has 0 radical (unpaired) electrons. The van der Waals surface area contributed by atoms with E-state index in [1.807, 2.05) is 0 Å². The lowest BCUT2D eigenvalue weighted by Crippen LogP contribution is -2.46. The summed E-state index contributed by atoms with van der Waals surface area (Å²) in [6.07, 6.45) is 2.73. The summed E-state index contributed by atoms with van der Waals surface area (Å²) < 4.78 is 4.95. The predicted molar refractivity (Wildman–Crippen MR) is 70.9 cm³/mol. The molecule has 0 spiro atoms. The van der Waals surface area contributed by atoms with Gasteiger partial charge >= 0.3 is 5.97 Å². The van der Waals surface area contributed by atoms with Crippen LogP contribution in [0.1, 0.15) is 47.0 Å². The van der Waals surface area contributed by atoms with Gasteiger partial charge in [-0.25, -0.2) is 0 Å². The molecule has 0 saturated carbocycles. The molecule has 4 heteroatoms. The van der Waals surface area contributed by atoms with E-state index in [0.29, 0.717) is 13.0 Å². The van der Waals surface area contributed by atoms with Gasteiger partial charge in [0.25, 0.3) is 0 Å². The summed E-state index contributed by atoms with van der Waals surface area (Å²) in [6.45, 7) is 11.5. The van der Waals surface area contributed by atoms with E-state index in [1.54, 1.807) is 13.8 Å². The van der Waals surface area contributed by atoms with Gasteiger partial charge in [-0.3, -0.25) is 4.79 Å². The lowest BCUT2D eigenvalue weighted by molar-refractivity contribution is -0.149. The summed E-state index contributed by atoms with van der Waals surface area (Å²) in [5, 5.41) is 0. The maximum atomic E-state index is 11.5. The second-order valence-electron chi connectivity index (χ2n) is 4.62. The average molecular weight is 244 g/mol. The number of ether oxygens (including phenoxy) is 1. The molecule has 0 saturated heterocycles. The molecule has 0 amide bonds. The van der Waals surface area contributed by atoms with E-state index in [1.165, 1.54) is 0 Å². The highest BCUT2D eigenvalue weighted by atomic mass is 16.5. The van der Waals surface area contributed by atoms with Crippen molar-refractivity contribution in [3.8, 4) is 0 Å². The average Bonchev–Trinajstić information content (AvgIpc) is 2.29. The van der Waals surface area contributed by atoms with Crippen molar-refractivity contribution in [3.05, 3.63) is 0 Å². The van der Waals surface area contributed by atoms with Gasteiger partial charge < -0.3 is 15.4 Å². The first-order valence-corrected chi connectivity index (χ1v) is 6.66. The van der Waals surface area contributed by atoms with Crippen molar-refractivity contribution in [2.24, 2.45) is 5.73 Å². The van der Waals surface area contributed by atoms with Gasteiger partial charge in [0.05, 0.1) is 6.61 Å². The van der Waals surface area contributed by atoms with Gasteiger partial charge in [-0.1, -0.05) is 13.8 Å². The lowest BCUT2D eigenvalue weighted by Gasteiger charge is -2.23. The number of nitrogens with zero attached hydrogens (tertiary/aromatic N) is 1. The maximum Gasteiger partial charge on any atom is 0.325 e. The van der Waals surface area contributed by atoms with Crippen molar-refractivity contribution in [1.82, 2.24) is 4.90 Å². The van der Waals surface area contributed by atoms with Gasteiger partial charge in [-0.05, 0) is 52.7 Å². The highest BCUT2D eigenvalue weighted by Crippen LogP contribution is 2.13. The Morgan fingerprint density at radius 1 is 1.24 bits per heavy atom. The van der Waals surface area contributed by atoms with Crippen LogP contribution in [0, 0.1) is 0 Å². The van der Waals surface area contributed by atoms with E-state index < -0.39 is 5.54 Å². The summed E-state index contributed by atoms with van der Waals surface area (Å²) in [5.41, 5.74) is 5.11. The van der Waals surface area contributed by atoms with Crippen LogP contribution < -0.4 is 5.73 Å². The normalized spacial score (nSPS) is 14.7. The Hall–Kier alpha value is -0.610. The van der Waals surface area contributed by atoms with Crippen LogP contribution in [0.15, 0.2) is 0 Å². The molecule has 0 aromatic heterocycles. The summed E-state index contributed by atoms with van der Waals surface area (Å²) in [4.78, 5) is 13.9. The molecule has 0 aromatic carbocycles. The Balaban J connectivity index is 3.82. The molecule has 17 heavy (non-hydrogen) atoms. The van der Waals surface area contributed by atoms with Crippen molar-refractivity contribution in [2.45, 2.75) is 52.5 Å². The zero-order chi connectivity index (χ0) is 13.3. The van der Waals surface area contributed by atoms with Crippen molar-refractivity contribution in [2.75, 3.05) is 26.2 Å². The smallest absolute Gasteiger partial charge is 0.325 e. The third-order valence-corrected chi connectivity index (χ3v) is 3.06. The lowest BCUT2D eigenvalue weighted by atomic mass is 9.96. The second kappa shape index (κ2) is 8.48. The standard InChI is InChI=1S/C13H28N2O2/c1-5-15(6-2)11-9-8-10-13(4,14)12(16)17-7-3/h5-11,14H2,1-4H3. The van der Waals surface area contributed by atoms with Gasteiger partial charge in [0.2, 0.25) is 0 Å². The van der Waals surface area contributed by atoms with Gasteiger partial charge in [0, 0.05) is 0 Å². The Morgan fingerprint density at radius 2 is 1.82 bits per heavy atom. The number of esters is 1. The van der Waals surface area contributed by atoms with Crippen LogP contribution in [0.5, 0.6) is 0 Å². The molecule has 0 aliphatic rings. The molecule has 0 aliphatic carbocycles. The van der Waals surface area contributed by atoms with Crippen LogP contribution in [-0.4, -0.2) is 42.6 Å². The fourth-order valence-corrected chi connectivity index (χ4v) is 1.77. The molecule has 0 bridgehead atoms. The van der Waals surface area contributed by atoms with Crippen LogP contribution in [0.2, 0.25) is 0 Å². The fourth-order valence-electron chi connectivity index (χ4n) is 1.77. The van der Waals surface area contributed by atoms with Crippen LogP contribution in [-0.2, 0) is 9.53 Å². The van der Waals surface area contributed by atoms with E-state index in [2.05, 4.69) is 18.7 Å². The minimum atomic E-state index is -0.834. The molecule has 102 valence electrons. The van der Waals surface area contributed by atoms with Crippen LogP contribution >= 0.6 is 0 Å². The second-order valence-corrected chi connectivity index (χ2v) is 4.62. The van der Waals surface area contributed by atoms with Gasteiger partial charge in [0.1, 0.15) is 5.54 Å². The molecule has 0 fully saturated rings. The fraction of sp³-hybridized carbons (Fsp3) is 0.923. The predicted octanol–water partition coefficient (Wildman–Crippen LogP) is 1.78. The minimum Gasteiger partial charge on any atom is -0.465 e. The molecule has 1 atom stereocenters. The number of hydrogen-bond donors (Lipinski definition) is 1. The summed E-state index contributed by atoms with van der Waals surface area (Å²) in [5.74, 6) is -0.289. The van der Waals surface area contributed by atoms with E-state index >= 15 is 0 Å². The number of nitrogens with two attached hydrogens (primary N) is 1. The monoisotopic (exact) mass is 244 g/mol. The van der Waals surface area contributed by atoms with Crippen molar-refractivity contribution in [3.63, 3.8) is 0 Å². The van der Waals surface area contributed by atoms with Gasteiger partial charge in [-0.2, -0.15) is 0 Å². The molecule has 1 unspecified atom stereocenters. The van der Waals surface area contributed by atoms with E-state index in [-0.39, 0.29) is 5.97 Å². The Kier molecular flexibility index (Phi) is 8.17.